The largest absolute Gasteiger partial charge is 0.478 e. The van der Waals surface area contributed by atoms with Crippen LogP contribution in [0.3, 0.4) is 0 Å². The van der Waals surface area contributed by atoms with Crippen molar-refractivity contribution in [3.63, 3.8) is 0 Å². The minimum atomic E-state index is -1.02. The van der Waals surface area contributed by atoms with E-state index < -0.39 is 5.97 Å². The van der Waals surface area contributed by atoms with Crippen molar-refractivity contribution in [3.8, 4) is 0 Å². The summed E-state index contributed by atoms with van der Waals surface area (Å²) in [6.45, 7) is 2.50. The zero-order valence-electron chi connectivity index (χ0n) is 12.4. The molecular weight excluding hydrogens is 286 g/mol. The third kappa shape index (κ3) is 5.13. The average Bonchev–Trinajstić information content (AvgIpc) is 3.00. The minimum Gasteiger partial charge on any atom is -0.478 e. The van der Waals surface area contributed by atoms with Crippen molar-refractivity contribution < 1.29 is 24.2 Å². The van der Waals surface area contributed by atoms with Crippen molar-refractivity contribution in [2.75, 3.05) is 26.4 Å². The van der Waals surface area contributed by atoms with E-state index in [9.17, 15) is 9.59 Å². The quantitative estimate of drug-likeness (QED) is 0.706. The lowest BCUT2D eigenvalue weighted by atomic mass is 10.0. The second-order valence-corrected chi connectivity index (χ2v) is 5.20. The van der Waals surface area contributed by atoms with E-state index in [1.807, 2.05) is 0 Å². The highest BCUT2D eigenvalue weighted by molar-refractivity contribution is 5.91. The summed E-state index contributed by atoms with van der Waals surface area (Å²) < 4.78 is 10.8. The Morgan fingerprint density at radius 3 is 2.91 bits per heavy atom. The first kappa shape index (κ1) is 16.5. The van der Waals surface area contributed by atoms with Crippen LogP contribution in [0.15, 0.2) is 24.3 Å². The molecule has 6 heteroatoms. The lowest BCUT2D eigenvalue weighted by Crippen LogP contribution is -2.28. The standard InChI is InChI=1S/C16H21NO5/c18-15(10-12-4-1-2-5-14(12)16(19)20)17-7-3-8-22-13-6-9-21-11-13/h1-2,4-5,13H,3,6-11H2,(H,17,18)(H,19,20). The number of carboxylic acid groups (broad SMARTS) is 1. The molecule has 6 nitrogen and oxygen atoms in total. The summed E-state index contributed by atoms with van der Waals surface area (Å²) in [4.78, 5) is 22.9. The van der Waals surface area contributed by atoms with E-state index in [0.717, 1.165) is 19.4 Å². The maximum Gasteiger partial charge on any atom is 0.335 e. The van der Waals surface area contributed by atoms with E-state index >= 15 is 0 Å². The van der Waals surface area contributed by atoms with Crippen molar-refractivity contribution in [1.82, 2.24) is 5.32 Å². The first-order chi connectivity index (χ1) is 10.7. The van der Waals surface area contributed by atoms with Crippen LogP contribution in [-0.4, -0.2) is 49.5 Å². The lowest BCUT2D eigenvalue weighted by molar-refractivity contribution is -0.120. The van der Waals surface area contributed by atoms with E-state index in [1.165, 1.54) is 6.07 Å². The molecule has 2 N–H and O–H groups in total. The highest BCUT2D eigenvalue weighted by Gasteiger charge is 2.15. The van der Waals surface area contributed by atoms with Crippen molar-refractivity contribution in [3.05, 3.63) is 35.4 Å². The van der Waals surface area contributed by atoms with Gasteiger partial charge < -0.3 is 19.9 Å². The SMILES string of the molecule is O=C(Cc1ccccc1C(=O)O)NCCCOC1CCOC1. The first-order valence-corrected chi connectivity index (χ1v) is 7.44. The Morgan fingerprint density at radius 1 is 1.36 bits per heavy atom. The number of hydrogen-bond acceptors (Lipinski definition) is 4. The number of carbonyl (C=O) groups excluding carboxylic acids is 1. The van der Waals surface area contributed by atoms with Gasteiger partial charge in [-0.1, -0.05) is 18.2 Å². The van der Waals surface area contributed by atoms with Gasteiger partial charge in [0.05, 0.1) is 24.7 Å². The van der Waals surface area contributed by atoms with Gasteiger partial charge in [0.25, 0.3) is 0 Å². The van der Waals surface area contributed by atoms with E-state index in [1.54, 1.807) is 18.2 Å². The van der Waals surface area contributed by atoms with Gasteiger partial charge in [-0.2, -0.15) is 0 Å². The molecule has 1 saturated heterocycles. The van der Waals surface area contributed by atoms with Crippen molar-refractivity contribution >= 4 is 11.9 Å². The molecular formula is C16H21NO5. The monoisotopic (exact) mass is 307 g/mol. The first-order valence-electron chi connectivity index (χ1n) is 7.44. The molecule has 120 valence electrons. The smallest absolute Gasteiger partial charge is 0.335 e. The van der Waals surface area contributed by atoms with Gasteiger partial charge >= 0.3 is 5.97 Å². The van der Waals surface area contributed by atoms with Gasteiger partial charge in [-0.15, -0.1) is 0 Å². The van der Waals surface area contributed by atoms with Crippen LogP contribution in [0.5, 0.6) is 0 Å². The van der Waals surface area contributed by atoms with Crippen LogP contribution in [-0.2, 0) is 20.7 Å². The molecule has 1 aromatic carbocycles. The molecule has 0 saturated carbocycles. The summed E-state index contributed by atoms with van der Waals surface area (Å²) in [6.07, 6.45) is 1.90. The molecule has 1 amide bonds. The Balaban J connectivity index is 1.66. The molecule has 0 radical (unpaired) electrons. The molecule has 1 aliphatic rings. The van der Waals surface area contributed by atoms with Gasteiger partial charge in [-0.05, 0) is 24.5 Å². The number of nitrogens with one attached hydrogen (secondary N) is 1. The van der Waals surface area contributed by atoms with Crippen LogP contribution in [0.25, 0.3) is 0 Å². The highest BCUT2D eigenvalue weighted by Crippen LogP contribution is 2.10. The summed E-state index contributed by atoms with van der Waals surface area (Å²) in [5, 5.41) is 11.8. The van der Waals surface area contributed by atoms with Crippen LogP contribution in [0.1, 0.15) is 28.8 Å². The summed E-state index contributed by atoms with van der Waals surface area (Å²) in [6, 6.07) is 6.54. The Labute approximate surface area is 129 Å². The second kappa shape index (κ2) is 8.51. The number of aromatic carboxylic acids is 1. The average molecular weight is 307 g/mol. The van der Waals surface area contributed by atoms with Crippen molar-refractivity contribution in [2.24, 2.45) is 0 Å². The van der Waals surface area contributed by atoms with Gasteiger partial charge in [0.15, 0.2) is 0 Å². The fraction of sp³-hybridized carbons (Fsp3) is 0.500. The minimum absolute atomic E-state index is 0.0692. The van der Waals surface area contributed by atoms with E-state index in [-0.39, 0.29) is 24.0 Å². The van der Waals surface area contributed by atoms with Crippen LogP contribution >= 0.6 is 0 Å². The number of rotatable bonds is 8. The van der Waals surface area contributed by atoms with Crippen molar-refractivity contribution in [1.29, 1.82) is 0 Å². The van der Waals surface area contributed by atoms with E-state index in [0.29, 0.717) is 25.3 Å². The Hall–Kier alpha value is -1.92. The lowest BCUT2D eigenvalue weighted by Gasteiger charge is -2.10. The summed E-state index contributed by atoms with van der Waals surface area (Å²) in [5.74, 6) is -1.20. The van der Waals surface area contributed by atoms with Gasteiger partial charge in [0, 0.05) is 19.8 Å². The maximum atomic E-state index is 11.8. The van der Waals surface area contributed by atoms with Crippen LogP contribution in [0, 0.1) is 0 Å². The molecule has 1 fully saturated rings. The molecule has 1 aromatic rings. The van der Waals surface area contributed by atoms with Crippen LogP contribution in [0.2, 0.25) is 0 Å². The van der Waals surface area contributed by atoms with E-state index in [2.05, 4.69) is 5.32 Å². The third-order valence-electron chi connectivity index (χ3n) is 3.48. The normalized spacial score (nSPS) is 17.4. The number of ether oxygens (including phenoxy) is 2. The predicted octanol–water partition coefficient (Wildman–Crippen LogP) is 1.24. The van der Waals surface area contributed by atoms with Crippen molar-refractivity contribution in [2.45, 2.75) is 25.4 Å². The molecule has 1 aliphatic heterocycles. The second-order valence-electron chi connectivity index (χ2n) is 5.20. The van der Waals surface area contributed by atoms with E-state index in [4.69, 9.17) is 14.6 Å². The molecule has 22 heavy (non-hydrogen) atoms. The van der Waals surface area contributed by atoms with Crippen LogP contribution < -0.4 is 5.32 Å². The Morgan fingerprint density at radius 2 is 2.18 bits per heavy atom. The Kier molecular flexibility index (Phi) is 6.36. The summed E-state index contributed by atoms with van der Waals surface area (Å²) in [7, 11) is 0. The number of carboxylic acids is 1. The van der Waals surface area contributed by atoms with Gasteiger partial charge in [0.1, 0.15) is 0 Å². The highest BCUT2D eigenvalue weighted by atomic mass is 16.5. The third-order valence-corrected chi connectivity index (χ3v) is 3.48. The number of hydrogen-bond donors (Lipinski definition) is 2. The molecule has 1 heterocycles. The zero-order chi connectivity index (χ0) is 15.8. The Bertz CT molecular complexity index is 511. The topological polar surface area (TPSA) is 84.9 Å². The van der Waals surface area contributed by atoms with Gasteiger partial charge in [-0.25, -0.2) is 4.79 Å². The van der Waals surface area contributed by atoms with Gasteiger partial charge in [-0.3, -0.25) is 4.79 Å². The van der Waals surface area contributed by atoms with Crippen LogP contribution in [0.4, 0.5) is 0 Å². The molecule has 1 unspecified atom stereocenters. The zero-order valence-corrected chi connectivity index (χ0v) is 12.4. The molecule has 2 rings (SSSR count). The molecule has 0 spiro atoms. The summed E-state index contributed by atoms with van der Waals surface area (Å²) in [5.41, 5.74) is 0.689. The molecule has 0 aliphatic carbocycles. The summed E-state index contributed by atoms with van der Waals surface area (Å²) >= 11 is 0. The molecule has 1 atom stereocenters. The molecule has 0 bridgehead atoms. The number of amides is 1. The maximum absolute atomic E-state index is 11.8. The fourth-order valence-electron chi connectivity index (χ4n) is 2.31. The van der Waals surface area contributed by atoms with Gasteiger partial charge in [0.2, 0.25) is 5.91 Å². The number of benzene rings is 1. The molecule has 0 aromatic heterocycles. The predicted molar refractivity (Wildman–Crippen MR) is 79.9 cm³/mol. The number of carbonyl (C=O) groups is 2. The fourth-order valence-corrected chi connectivity index (χ4v) is 2.31.